The largest absolute Gasteiger partial charge is 0.274 e. The third kappa shape index (κ3) is 3.90. The second-order valence-electron chi connectivity index (χ2n) is 5.51. The number of anilines is 1. The molecule has 2 aromatic heterocycles. The quantitative estimate of drug-likeness (QED) is 0.678. The zero-order valence-corrected chi connectivity index (χ0v) is 15.8. The second kappa shape index (κ2) is 6.60. The van der Waals surface area contributed by atoms with Crippen LogP contribution in [0.1, 0.15) is 11.3 Å². The Morgan fingerprint density at radius 3 is 2.48 bits per heavy atom. The van der Waals surface area contributed by atoms with Crippen LogP contribution in [0.15, 0.2) is 46.0 Å². The van der Waals surface area contributed by atoms with Crippen LogP contribution >= 0.6 is 15.9 Å². The Labute approximate surface area is 152 Å². The normalized spacial score (nSPS) is 11.7. The van der Waals surface area contributed by atoms with Gasteiger partial charge < -0.3 is 0 Å². The van der Waals surface area contributed by atoms with E-state index in [1.54, 1.807) is 37.0 Å². The number of aryl methyl sites for hydroxylation is 2. The summed E-state index contributed by atoms with van der Waals surface area (Å²) in [5.41, 5.74) is 1.24. The smallest absolute Gasteiger partial charge is 0.266 e. The van der Waals surface area contributed by atoms with Crippen molar-refractivity contribution < 1.29 is 12.8 Å². The van der Waals surface area contributed by atoms with E-state index in [2.05, 4.69) is 30.8 Å². The van der Waals surface area contributed by atoms with E-state index in [0.717, 1.165) is 5.56 Å². The number of hydrogen-bond acceptors (Lipinski definition) is 4. The lowest BCUT2D eigenvalue weighted by Gasteiger charge is -2.05. The number of aromatic nitrogens is 4. The van der Waals surface area contributed by atoms with Crippen LogP contribution in [0.25, 0.3) is 0 Å². The van der Waals surface area contributed by atoms with E-state index in [-0.39, 0.29) is 16.5 Å². The van der Waals surface area contributed by atoms with Gasteiger partial charge in [0.2, 0.25) is 0 Å². The maximum atomic E-state index is 13.0. The molecule has 0 aliphatic heterocycles. The van der Waals surface area contributed by atoms with E-state index >= 15 is 0 Å². The number of hydrogen-bond donors (Lipinski definition) is 1. The fourth-order valence-electron chi connectivity index (χ4n) is 2.35. The average Bonchev–Trinajstić information content (AvgIpc) is 3.04. The summed E-state index contributed by atoms with van der Waals surface area (Å²) < 4.78 is 43.9. The van der Waals surface area contributed by atoms with E-state index in [9.17, 15) is 12.8 Å². The van der Waals surface area contributed by atoms with Crippen LogP contribution in [-0.2, 0) is 23.6 Å². The van der Waals surface area contributed by atoms with Crippen LogP contribution < -0.4 is 4.72 Å². The van der Waals surface area contributed by atoms with Gasteiger partial charge in [-0.05, 0) is 40.5 Å². The Morgan fingerprint density at radius 1 is 1.20 bits per heavy atom. The molecule has 1 N–H and O–H groups in total. The van der Waals surface area contributed by atoms with Gasteiger partial charge in [-0.25, -0.2) is 12.8 Å². The minimum atomic E-state index is -3.80. The molecule has 25 heavy (non-hydrogen) atoms. The van der Waals surface area contributed by atoms with Crippen molar-refractivity contribution in [3.63, 3.8) is 0 Å². The monoisotopic (exact) mass is 427 g/mol. The van der Waals surface area contributed by atoms with E-state index in [4.69, 9.17) is 0 Å². The molecule has 10 heteroatoms. The van der Waals surface area contributed by atoms with E-state index in [0.29, 0.717) is 16.7 Å². The number of sulfonamides is 1. The molecule has 0 bridgehead atoms. The fraction of sp³-hybridized carbons (Fsp3) is 0.200. The Morgan fingerprint density at radius 2 is 1.88 bits per heavy atom. The molecule has 0 aliphatic carbocycles. The zero-order valence-electron chi connectivity index (χ0n) is 13.4. The van der Waals surface area contributed by atoms with Crippen molar-refractivity contribution in [2.75, 3.05) is 4.72 Å². The van der Waals surface area contributed by atoms with Gasteiger partial charge in [0.15, 0.2) is 5.82 Å². The third-order valence-corrected chi connectivity index (χ3v) is 5.49. The lowest BCUT2D eigenvalue weighted by molar-refractivity contribution is 0.600. The van der Waals surface area contributed by atoms with E-state index in [1.165, 1.54) is 23.0 Å². The molecule has 3 rings (SSSR count). The van der Waals surface area contributed by atoms with Crippen molar-refractivity contribution in [3.8, 4) is 0 Å². The Hall–Kier alpha value is -2.20. The van der Waals surface area contributed by atoms with Crippen molar-refractivity contribution in [1.29, 1.82) is 0 Å². The Balaban J connectivity index is 1.83. The molecular weight excluding hydrogens is 413 g/mol. The number of nitrogens with one attached hydrogen (secondary N) is 1. The van der Waals surface area contributed by atoms with Gasteiger partial charge in [-0.1, -0.05) is 12.1 Å². The summed E-state index contributed by atoms with van der Waals surface area (Å²) in [6.45, 7) is 2.00. The average molecular weight is 428 g/mol. The lowest BCUT2D eigenvalue weighted by Crippen LogP contribution is -2.14. The predicted octanol–water partition coefficient (Wildman–Crippen LogP) is 2.68. The zero-order chi connectivity index (χ0) is 18.2. The summed E-state index contributed by atoms with van der Waals surface area (Å²) in [7, 11) is -2.15. The molecule has 132 valence electrons. The molecule has 1 aromatic carbocycles. The van der Waals surface area contributed by atoms with Crippen LogP contribution in [0.5, 0.6) is 0 Å². The molecule has 0 saturated heterocycles. The Bertz CT molecular complexity index is 1010. The van der Waals surface area contributed by atoms with Crippen molar-refractivity contribution in [3.05, 3.63) is 58.2 Å². The van der Waals surface area contributed by atoms with Crippen molar-refractivity contribution in [2.24, 2.45) is 7.05 Å². The van der Waals surface area contributed by atoms with Crippen molar-refractivity contribution >= 4 is 31.8 Å². The predicted molar refractivity (Wildman–Crippen MR) is 94.2 cm³/mol. The maximum Gasteiger partial charge on any atom is 0.266 e. The lowest BCUT2D eigenvalue weighted by atomic mass is 10.2. The minimum Gasteiger partial charge on any atom is -0.274 e. The van der Waals surface area contributed by atoms with Crippen LogP contribution in [0.2, 0.25) is 0 Å². The van der Waals surface area contributed by atoms with Crippen LogP contribution in [0, 0.1) is 12.7 Å². The molecule has 0 spiro atoms. The highest BCUT2D eigenvalue weighted by atomic mass is 79.9. The summed E-state index contributed by atoms with van der Waals surface area (Å²) in [5.74, 6) is -0.143. The van der Waals surface area contributed by atoms with Gasteiger partial charge in [0, 0.05) is 19.4 Å². The third-order valence-electron chi connectivity index (χ3n) is 3.46. The van der Waals surface area contributed by atoms with Gasteiger partial charge >= 0.3 is 0 Å². The van der Waals surface area contributed by atoms with Gasteiger partial charge in [-0.15, -0.1) is 0 Å². The van der Waals surface area contributed by atoms with Gasteiger partial charge in [0.05, 0.1) is 16.7 Å². The number of nitrogens with zero attached hydrogens (tertiary/aromatic N) is 4. The molecule has 3 aromatic rings. The standard InChI is InChI=1S/C15H15BrFN5O2S/c1-10-14(9-21(2)18-10)25(23,24)20-15-13(16)8-22(19-15)7-11-3-5-12(17)6-4-11/h3-6,8-9H,7H2,1-2H3,(H,19,20). The number of rotatable bonds is 5. The van der Waals surface area contributed by atoms with Crippen LogP contribution in [-0.4, -0.2) is 28.0 Å². The number of benzene rings is 1. The van der Waals surface area contributed by atoms with Gasteiger partial charge in [-0.3, -0.25) is 14.1 Å². The molecular formula is C15H15BrFN5O2S. The molecule has 0 fully saturated rings. The summed E-state index contributed by atoms with van der Waals surface area (Å²) in [6.07, 6.45) is 3.08. The van der Waals surface area contributed by atoms with Crippen molar-refractivity contribution in [2.45, 2.75) is 18.4 Å². The Kier molecular flexibility index (Phi) is 4.65. The minimum absolute atomic E-state index is 0.0926. The number of halogens is 2. The highest BCUT2D eigenvalue weighted by Crippen LogP contribution is 2.24. The first kappa shape index (κ1) is 17.6. The summed E-state index contributed by atoms with van der Waals surface area (Å²) in [5, 5.41) is 8.27. The molecule has 0 amide bonds. The first-order valence-corrected chi connectivity index (χ1v) is 9.53. The summed E-state index contributed by atoms with van der Waals surface area (Å²) in [4.78, 5) is 0.0926. The first-order valence-electron chi connectivity index (χ1n) is 7.25. The highest BCUT2D eigenvalue weighted by Gasteiger charge is 2.22. The fourth-order valence-corrected chi connectivity index (χ4v) is 4.13. The highest BCUT2D eigenvalue weighted by molar-refractivity contribution is 9.10. The molecule has 0 radical (unpaired) electrons. The molecule has 0 atom stereocenters. The van der Waals surface area contributed by atoms with Crippen LogP contribution in [0.3, 0.4) is 0 Å². The molecule has 0 saturated carbocycles. The van der Waals surface area contributed by atoms with Gasteiger partial charge in [-0.2, -0.15) is 10.2 Å². The topological polar surface area (TPSA) is 81.8 Å². The van der Waals surface area contributed by atoms with E-state index in [1.807, 2.05) is 0 Å². The first-order chi connectivity index (χ1) is 11.7. The van der Waals surface area contributed by atoms with Gasteiger partial charge in [0.1, 0.15) is 10.7 Å². The molecule has 2 heterocycles. The summed E-state index contributed by atoms with van der Waals surface area (Å²) in [6, 6.07) is 6.02. The van der Waals surface area contributed by atoms with E-state index < -0.39 is 10.0 Å². The van der Waals surface area contributed by atoms with Crippen LogP contribution in [0.4, 0.5) is 10.2 Å². The SMILES string of the molecule is Cc1nn(C)cc1S(=O)(=O)Nc1nn(Cc2ccc(F)cc2)cc1Br. The molecule has 7 nitrogen and oxygen atoms in total. The molecule has 0 aliphatic rings. The maximum absolute atomic E-state index is 13.0. The molecule has 0 unspecified atom stereocenters. The van der Waals surface area contributed by atoms with Gasteiger partial charge in [0.25, 0.3) is 10.0 Å². The second-order valence-corrected chi connectivity index (χ2v) is 8.01. The van der Waals surface area contributed by atoms with Crippen molar-refractivity contribution in [1.82, 2.24) is 19.6 Å². The summed E-state index contributed by atoms with van der Waals surface area (Å²) >= 11 is 3.30.